The van der Waals surface area contributed by atoms with Crippen LogP contribution in [0.4, 0.5) is 10.5 Å². The largest absolute Gasteiger partial charge is 0.444 e. The third-order valence-electron chi connectivity index (χ3n) is 6.53. The number of hydrogen-bond donors (Lipinski definition) is 2. The lowest BCUT2D eigenvalue weighted by molar-refractivity contribution is -0.141. The molecule has 2 atom stereocenters. The van der Waals surface area contributed by atoms with E-state index in [2.05, 4.69) is 10.6 Å². The molecule has 39 heavy (non-hydrogen) atoms. The molecule has 0 aliphatic carbocycles. The van der Waals surface area contributed by atoms with Crippen LogP contribution < -0.4 is 10.6 Å². The number of nitrogens with zero attached hydrogens (tertiary/aromatic N) is 1. The smallest absolute Gasteiger partial charge is 0.408 e. The molecular formula is C32H41N3O4. The number of fused-ring (bicyclic) bond motifs is 1. The molecule has 0 bridgehead atoms. The molecule has 0 aliphatic rings. The Hall–Kier alpha value is -3.87. The van der Waals surface area contributed by atoms with Crippen molar-refractivity contribution in [2.45, 2.75) is 73.1 Å². The average Bonchev–Trinajstić information content (AvgIpc) is 2.84. The number of carbonyl (C=O) groups excluding carboxylic acids is 3. The molecule has 3 aromatic rings. The van der Waals surface area contributed by atoms with Crippen molar-refractivity contribution in [3.8, 4) is 0 Å². The molecule has 3 aromatic carbocycles. The lowest BCUT2D eigenvalue weighted by Crippen LogP contribution is -2.54. The van der Waals surface area contributed by atoms with Gasteiger partial charge in [-0.15, -0.1) is 0 Å². The van der Waals surface area contributed by atoms with Gasteiger partial charge in [-0.3, -0.25) is 9.59 Å². The normalized spacial score (nSPS) is 13.1. The van der Waals surface area contributed by atoms with Gasteiger partial charge in [0.2, 0.25) is 5.91 Å². The molecule has 3 amide bonds. The van der Waals surface area contributed by atoms with E-state index in [0.717, 1.165) is 27.5 Å². The van der Waals surface area contributed by atoms with Gasteiger partial charge in [-0.2, -0.15) is 0 Å². The zero-order valence-electron chi connectivity index (χ0n) is 24.3. The van der Waals surface area contributed by atoms with E-state index in [0.29, 0.717) is 5.69 Å². The van der Waals surface area contributed by atoms with E-state index in [1.165, 1.54) is 4.90 Å². The average molecular weight is 532 g/mol. The number of rotatable bonds is 8. The van der Waals surface area contributed by atoms with E-state index in [9.17, 15) is 14.4 Å². The Bertz CT molecular complexity index is 1340. The summed E-state index contributed by atoms with van der Waals surface area (Å²) >= 11 is 0. The molecule has 0 aromatic heterocycles. The number of likely N-dealkylation sites (N-methyl/N-ethyl adjacent to an activating group) is 1. The Balaban J connectivity index is 2.00. The number of amides is 3. The maximum Gasteiger partial charge on any atom is 0.408 e. The predicted molar refractivity (Wildman–Crippen MR) is 157 cm³/mol. The van der Waals surface area contributed by atoms with Crippen molar-refractivity contribution in [3.63, 3.8) is 0 Å². The molecule has 0 aliphatic heterocycles. The fraction of sp³-hybridized carbons (Fsp3) is 0.406. The van der Waals surface area contributed by atoms with Crippen molar-refractivity contribution in [3.05, 3.63) is 77.4 Å². The maximum atomic E-state index is 14.0. The van der Waals surface area contributed by atoms with Gasteiger partial charge in [0.1, 0.15) is 17.7 Å². The van der Waals surface area contributed by atoms with Gasteiger partial charge in [-0.1, -0.05) is 67.9 Å². The van der Waals surface area contributed by atoms with Gasteiger partial charge in [0.05, 0.1) is 0 Å². The van der Waals surface area contributed by atoms with Crippen molar-refractivity contribution in [1.82, 2.24) is 10.2 Å². The van der Waals surface area contributed by atoms with Gasteiger partial charge in [0, 0.05) is 12.2 Å². The lowest BCUT2D eigenvalue weighted by atomic mass is 9.95. The molecule has 2 unspecified atom stereocenters. The van der Waals surface area contributed by atoms with Crippen molar-refractivity contribution < 1.29 is 19.1 Å². The van der Waals surface area contributed by atoms with Gasteiger partial charge in [0.15, 0.2) is 0 Å². The standard InChI is InChI=1S/C32H41N3O4/c1-9-35(30(37)27(20(2)3)34-31(38)39-32(6,7)8)28(26-17-14-21(4)18-22(26)5)29(36)33-25-16-15-23-12-10-11-13-24(23)19-25/h10-20,27-28H,9H2,1-8H3,(H,33,36)(H,34,38). The summed E-state index contributed by atoms with van der Waals surface area (Å²) in [4.78, 5) is 42.2. The molecule has 0 fully saturated rings. The summed E-state index contributed by atoms with van der Waals surface area (Å²) < 4.78 is 5.42. The highest BCUT2D eigenvalue weighted by Crippen LogP contribution is 2.29. The molecule has 0 radical (unpaired) electrons. The number of hydrogen-bond acceptors (Lipinski definition) is 4. The second kappa shape index (κ2) is 12.3. The van der Waals surface area contributed by atoms with Gasteiger partial charge in [0.25, 0.3) is 5.91 Å². The van der Waals surface area contributed by atoms with Crippen molar-refractivity contribution in [1.29, 1.82) is 0 Å². The quantitative estimate of drug-likeness (QED) is 0.346. The minimum absolute atomic E-state index is 0.234. The van der Waals surface area contributed by atoms with Gasteiger partial charge < -0.3 is 20.3 Å². The van der Waals surface area contributed by atoms with Gasteiger partial charge in [-0.25, -0.2) is 4.79 Å². The molecule has 0 saturated heterocycles. The zero-order valence-corrected chi connectivity index (χ0v) is 24.3. The summed E-state index contributed by atoms with van der Waals surface area (Å²) in [6.07, 6.45) is -0.672. The second-order valence-electron chi connectivity index (χ2n) is 11.3. The molecule has 7 heteroatoms. The van der Waals surface area contributed by atoms with Crippen molar-refractivity contribution in [2.75, 3.05) is 11.9 Å². The van der Waals surface area contributed by atoms with E-state index < -0.39 is 23.8 Å². The van der Waals surface area contributed by atoms with Gasteiger partial charge >= 0.3 is 6.09 Å². The van der Waals surface area contributed by atoms with Crippen LogP contribution in [0.2, 0.25) is 0 Å². The third-order valence-corrected chi connectivity index (χ3v) is 6.53. The summed E-state index contributed by atoms with van der Waals surface area (Å²) in [7, 11) is 0. The summed E-state index contributed by atoms with van der Waals surface area (Å²) in [6, 6.07) is 17.7. The number of anilines is 1. The van der Waals surface area contributed by atoms with E-state index in [1.54, 1.807) is 20.8 Å². The van der Waals surface area contributed by atoms with Crippen LogP contribution in [-0.4, -0.2) is 41.0 Å². The summed E-state index contributed by atoms with van der Waals surface area (Å²) in [6.45, 7) is 15.0. The molecular weight excluding hydrogens is 490 g/mol. The highest BCUT2D eigenvalue weighted by atomic mass is 16.6. The minimum Gasteiger partial charge on any atom is -0.444 e. The number of ether oxygens (including phenoxy) is 1. The Morgan fingerprint density at radius 3 is 2.18 bits per heavy atom. The fourth-order valence-corrected chi connectivity index (χ4v) is 4.65. The first-order chi connectivity index (χ1) is 18.3. The van der Waals surface area contributed by atoms with E-state index in [1.807, 2.05) is 95.3 Å². The molecule has 7 nitrogen and oxygen atoms in total. The van der Waals surface area contributed by atoms with Crippen LogP contribution in [0.3, 0.4) is 0 Å². The van der Waals surface area contributed by atoms with Crippen LogP contribution in [0.1, 0.15) is 64.3 Å². The molecule has 2 N–H and O–H groups in total. The molecule has 208 valence electrons. The first-order valence-corrected chi connectivity index (χ1v) is 13.5. The maximum absolute atomic E-state index is 14.0. The molecule has 0 spiro atoms. The minimum atomic E-state index is -0.906. The summed E-state index contributed by atoms with van der Waals surface area (Å²) in [5, 5.41) is 7.85. The first kappa shape index (κ1) is 29.7. The zero-order chi connectivity index (χ0) is 28.9. The summed E-state index contributed by atoms with van der Waals surface area (Å²) in [5.74, 6) is -0.911. The van der Waals surface area contributed by atoms with E-state index in [-0.39, 0.29) is 24.3 Å². The fourth-order valence-electron chi connectivity index (χ4n) is 4.65. The predicted octanol–water partition coefficient (Wildman–Crippen LogP) is 6.53. The Labute approximate surface area is 231 Å². The SMILES string of the molecule is CCN(C(=O)C(NC(=O)OC(C)(C)C)C(C)C)C(C(=O)Nc1ccc2ccccc2c1)c1ccc(C)cc1C. The van der Waals surface area contributed by atoms with E-state index >= 15 is 0 Å². The number of carbonyl (C=O) groups is 3. The third kappa shape index (κ3) is 7.59. The Morgan fingerprint density at radius 2 is 1.59 bits per heavy atom. The van der Waals surface area contributed by atoms with Crippen molar-refractivity contribution in [2.24, 2.45) is 5.92 Å². The second-order valence-corrected chi connectivity index (χ2v) is 11.3. The van der Waals surface area contributed by atoms with Crippen LogP contribution in [0.25, 0.3) is 10.8 Å². The Morgan fingerprint density at radius 1 is 0.923 bits per heavy atom. The summed E-state index contributed by atoms with van der Waals surface area (Å²) in [5.41, 5.74) is 2.63. The lowest BCUT2D eigenvalue weighted by Gasteiger charge is -2.35. The van der Waals surface area contributed by atoms with Crippen LogP contribution >= 0.6 is 0 Å². The number of aryl methyl sites for hydroxylation is 2. The topological polar surface area (TPSA) is 87.7 Å². The highest BCUT2D eigenvalue weighted by molar-refractivity contribution is 6.00. The number of alkyl carbamates (subject to hydrolysis) is 1. The molecule has 0 saturated carbocycles. The monoisotopic (exact) mass is 531 g/mol. The van der Waals surface area contributed by atoms with Gasteiger partial charge in [-0.05, 0) is 81.5 Å². The van der Waals surface area contributed by atoms with Crippen molar-refractivity contribution >= 4 is 34.4 Å². The van der Waals surface area contributed by atoms with E-state index in [4.69, 9.17) is 4.74 Å². The Kier molecular flexibility index (Phi) is 9.38. The van der Waals surface area contributed by atoms with Crippen LogP contribution in [-0.2, 0) is 14.3 Å². The first-order valence-electron chi connectivity index (χ1n) is 13.5. The number of nitrogens with one attached hydrogen (secondary N) is 2. The van der Waals surface area contributed by atoms with Crippen LogP contribution in [0.5, 0.6) is 0 Å². The highest BCUT2D eigenvalue weighted by Gasteiger charge is 2.37. The molecule has 3 rings (SSSR count). The molecule has 0 heterocycles. The van der Waals surface area contributed by atoms with Crippen LogP contribution in [0, 0.1) is 19.8 Å². The van der Waals surface area contributed by atoms with Crippen LogP contribution in [0.15, 0.2) is 60.7 Å². The number of benzene rings is 3.